The minimum Gasteiger partial charge on any atom is -0.497 e. The highest BCUT2D eigenvalue weighted by atomic mass is 79.9. The van der Waals surface area contributed by atoms with Crippen molar-refractivity contribution in [2.24, 2.45) is 0 Å². The molecule has 0 saturated carbocycles. The predicted octanol–water partition coefficient (Wildman–Crippen LogP) is 3.59. The van der Waals surface area contributed by atoms with Crippen LogP contribution in [0, 0.1) is 6.92 Å². The third-order valence-corrected chi connectivity index (χ3v) is 6.07. The first-order valence-electron chi connectivity index (χ1n) is 6.70. The molecule has 118 valence electrons. The molecule has 0 aromatic heterocycles. The van der Waals surface area contributed by atoms with Crippen molar-refractivity contribution in [3.63, 3.8) is 0 Å². The molecule has 0 aliphatic heterocycles. The molecule has 6 heteroatoms. The average molecular weight is 384 g/mol. The minimum atomic E-state index is -3.52. The largest absolute Gasteiger partial charge is 0.497 e. The standard InChI is InChI=1S/C16H18BrNO3S/c1-12-9-15(7-8-16(12)17)22(19,20)18(2)11-13-5-4-6-14(10-13)21-3/h4-10H,11H2,1-3H3. The van der Waals surface area contributed by atoms with E-state index in [0.29, 0.717) is 10.6 Å². The molecule has 0 heterocycles. The molecule has 22 heavy (non-hydrogen) atoms. The molecule has 2 rings (SSSR count). The molecular formula is C16H18BrNO3S. The zero-order valence-corrected chi connectivity index (χ0v) is 15.1. The number of ether oxygens (including phenoxy) is 1. The van der Waals surface area contributed by atoms with Gasteiger partial charge in [-0.25, -0.2) is 8.42 Å². The van der Waals surface area contributed by atoms with E-state index < -0.39 is 10.0 Å². The highest BCUT2D eigenvalue weighted by Crippen LogP contribution is 2.23. The molecule has 0 saturated heterocycles. The molecule has 0 N–H and O–H groups in total. The number of benzene rings is 2. The van der Waals surface area contributed by atoms with Crippen molar-refractivity contribution < 1.29 is 13.2 Å². The molecule has 0 aliphatic rings. The van der Waals surface area contributed by atoms with Gasteiger partial charge in [-0.05, 0) is 48.4 Å². The summed E-state index contributed by atoms with van der Waals surface area (Å²) in [5, 5.41) is 0. The lowest BCUT2D eigenvalue weighted by molar-refractivity contribution is 0.412. The quantitative estimate of drug-likeness (QED) is 0.792. The van der Waals surface area contributed by atoms with Crippen LogP contribution in [0.3, 0.4) is 0 Å². The molecular weight excluding hydrogens is 366 g/mol. The van der Waals surface area contributed by atoms with Crippen LogP contribution in [0.15, 0.2) is 51.8 Å². The van der Waals surface area contributed by atoms with Crippen molar-refractivity contribution in [2.75, 3.05) is 14.2 Å². The first kappa shape index (κ1) is 17.0. The monoisotopic (exact) mass is 383 g/mol. The second-order valence-electron chi connectivity index (χ2n) is 5.02. The molecule has 0 unspecified atom stereocenters. The van der Waals surface area contributed by atoms with Crippen LogP contribution in [0.5, 0.6) is 5.75 Å². The topological polar surface area (TPSA) is 46.6 Å². The van der Waals surface area contributed by atoms with E-state index in [1.54, 1.807) is 32.4 Å². The van der Waals surface area contributed by atoms with E-state index in [1.807, 2.05) is 31.2 Å². The fraction of sp³-hybridized carbons (Fsp3) is 0.250. The summed E-state index contributed by atoms with van der Waals surface area (Å²) >= 11 is 3.38. The Bertz CT molecular complexity index is 775. The molecule has 0 aliphatic carbocycles. The summed E-state index contributed by atoms with van der Waals surface area (Å²) in [6.07, 6.45) is 0. The number of sulfonamides is 1. The van der Waals surface area contributed by atoms with Crippen molar-refractivity contribution in [3.8, 4) is 5.75 Å². The Balaban J connectivity index is 2.26. The van der Waals surface area contributed by atoms with Gasteiger partial charge in [-0.3, -0.25) is 0 Å². The van der Waals surface area contributed by atoms with Crippen LogP contribution in [0.4, 0.5) is 0 Å². The molecule has 0 fully saturated rings. The van der Waals surface area contributed by atoms with Crippen LogP contribution in [0.1, 0.15) is 11.1 Å². The van der Waals surface area contributed by atoms with Crippen molar-refractivity contribution in [3.05, 3.63) is 58.1 Å². The van der Waals surface area contributed by atoms with Crippen LogP contribution in [-0.4, -0.2) is 26.9 Å². The van der Waals surface area contributed by atoms with Gasteiger partial charge in [0.15, 0.2) is 0 Å². The summed E-state index contributed by atoms with van der Waals surface area (Å²) in [6, 6.07) is 12.4. The van der Waals surface area contributed by atoms with E-state index in [9.17, 15) is 8.42 Å². The van der Waals surface area contributed by atoms with Crippen molar-refractivity contribution in [2.45, 2.75) is 18.4 Å². The first-order valence-corrected chi connectivity index (χ1v) is 8.93. The predicted molar refractivity (Wildman–Crippen MR) is 90.5 cm³/mol. The summed E-state index contributed by atoms with van der Waals surface area (Å²) in [6.45, 7) is 2.15. The lowest BCUT2D eigenvalue weighted by Gasteiger charge is -2.18. The fourth-order valence-corrected chi connectivity index (χ4v) is 3.56. The number of nitrogens with zero attached hydrogens (tertiary/aromatic N) is 1. The second kappa shape index (κ2) is 6.81. The van der Waals surface area contributed by atoms with E-state index in [-0.39, 0.29) is 6.54 Å². The van der Waals surface area contributed by atoms with Gasteiger partial charge >= 0.3 is 0 Å². The van der Waals surface area contributed by atoms with Crippen LogP contribution in [0.2, 0.25) is 0 Å². The number of hydrogen-bond acceptors (Lipinski definition) is 3. The zero-order valence-electron chi connectivity index (χ0n) is 12.7. The van der Waals surface area contributed by atoms with Crippen molar-refractivity contribution in [1.82, 2.24) is 4.31 Å². The van der Waals surface area contributed by atoms with Gasteiger partial charge in [0.05, 0.1) is 12.0 Å². The zero-order chi connectivity index (χ0) is 16.3. The van der Waals surface area contributed by atoms with Crippen LogP contribution < -0.4 is 4.74 Å². The summed E-state index contributed by atoms with van der Waals surface area (Å²) in [5.74, 6) is 0.711. The van der Waals surface area contributed by atoms with Crippen LogP contribution in [-0.2, 0) is 16.6 Å². The molecule has 2 aromatic carbocycles. The highest BCUT2D eigenvalue weighted by molar-refractivity contribution is 9.10. The molecule has 0 radical (unpaired) electrons. The number of aryl methyl sites for hydroxylation is 1. The molecule has 0 spiro atoms. The Morgan fingerprint density at radius 1 is 1.18 bits per heavy atom. The summed E-state index contributed by atoms with van der Waals surface area (Å²) in [7, 11) is -0.361. The third kappa shape index (κ3) is 3.69. The van der Waals surface area contributed by atoms with Crippen molar-refractivity contribution >= 4 is 26.0 Å². The van der Waals surface area contributed by atoms with Gasteiger partial charge in [-0.15, -0.1) is 0 Å². The Hall–Kier alpha value is -1.37. The van der Waals surface area contributed by atoms with E-state index >= 15 is 0 Å². The van der Waals surface area contributed by atoms with Gasteiger partial charge in [-0.1, -0.05) is 28.1 Å². The maximum absolute atomic E-state index is 12.6. The van der Waals surface area contributed by atoms with Crippen molar-refractivity contribution in [1.29, 1.82) is 0 Å². The highest BCUT2D eigenvalue weighted by Gasteiger charge is 2.21. The van der Waals surface area contributed by atoms with Gasteiger partial charge in [0.25, 0.3) is 0 Å². The SMILES string of the molecule is COc1cccc(CN(C)S(=O)(=O)c2ccc(Br)c(C)c2)c1. The summed E-state index contributed by atoms with van der Waals surface area (Å²) < 4.78 is 32.7. The maximum atomic E-state index is 12.6. The maximum Gasteiger partial charge on any atom is 0.243 e. The molecule has 0 atom stereocenters. The average Bonchev–Trinajstić information content (AvgIpc) is 2.50. The second-order valence-corrected chi connectivity index (χ2v) is 7.92. The van der Waals surface area contributed by atoms with E-state index in [2.05, 4.69) is 15.9 Å². The van der Waals surface area contributed by atoms with E-state index in [1.165, 1.54) is 4.31 Å². The smallest absolute Gasteiger partial charge is 0.243 e. The lowest BCUT2D eigenvalue weighted by Crippen LogP contribution is -2.26. The number of methoxy groups -OCH3 is 1. The lowest BCUT2D eigenvalue weighted by atomic mass is 10.2. The van der Waals surface area contributed by atoms with Crippen LogP contribution in [0.25, 0.3) is 0 Å². The first-order chi connectivity index (χ1) is 10.3. The van der Waals surface area contributed by atoms with E-state index in [0.717, 1.165) is 15.6 Å². The van der Waals surface area contributed by atoms with Gasteiger partial charge < -0.3 is 4.74 Å². The molecule has 2 aromatic rings. The van der Waals surface area contributed by atoms with Gasteiger partial charge in [0, 0.05) is 18.1 Å². The molecule has 4 nitrogen and oxygen atoms in total. The van der Waals surface area contributed by atoms with Gasteiger partial charge in [-0.2, -0.15) is 4.31 Å². The Morgan fingerprint density at radius 3 is 2.55 bits per heavy atom. The fourth-order valence-electron chi connectivity index (χ4n) is 2.07. The van der Waals surface area contributed by atoms with Gasteiger partial charge in [0.2, 0.25) is 10.0 Å². The minimum absolute atomic E-state index is 0.286. The Morgan fingerprint density at radius 2 is 1.91 bits per heavy atom. The number of hydrogen-bond donors (Lipinski definition) is 0. The Labute approximate surface area is 139 Å². The molecule has 0 bridgehead atoms. The number of rotatable bonds is 5. The molecule has 0 amide bonds. The van der Waals surface area contributed by atoms with Gasteiger partial charge in [0.1, 0.15) is 5.75 Å². The normalized spacial score (nSPS) is 11.7. The Kier molecular flexibility index (Phi) is 5.26. The third-order valence-electron chi connectivity index (χ3n) is 3.38. The van der Waals surface area contributed by atoms with E-state index in [4.69, 9.17) is 4.74 Å². The number of halogens is 1. The summed E-state index contributed by atoms with van der Waals surface area (Å²) in [5.41, 5.74) is 1.76. The van der Waals surface area contributed by atoms with Crippen LogP contribution >= 0.6 is 15.9 Å². The summed E-state index contributed by atoms with van der Waals surface area (Å²) in [4.78, 5) is 0.290.